The molecule has 1 aromatic heterocycles. The lowest BCUT2D eigenvalue weighted by Crippen LogP contribution is -2.28. The van der Waals surface area contributed by atoms with Crippen LogP contribution in [-0.2, 0) is 6.54 Å². The number of carbonyl (C=O) groups is 2. The van der Waals surface area contributed by atoms with E-state index in [1.54, 1.807) is 47.8 Å². The van der Waals surface area contributed by atoms with E-state index in [1.165, 1.54) is 0 Å². The van der Waals surface area contributed by atoms with Crippen LogP contribution in [0.2, 0.25) is 10.0 Å². The molecule has 0 unspecified atom stereocenters. The maximum absolute atomic E-state index is 12.0. The molecular weight excluding hydrogens is 409 g/mol. The van der Waals surface area contributed by atoms with Crippen LogP contribution in [0.1, 0.15) is 16.1 Å². The van der Waals surface area contributed by atoms with Crippen molar-refractivity contribution in [1.82, 2.24) is 14.9 Å². The second-order valence-electron chi connectivity index (χ2n) is 5.38. The summed E-state index contributed by atoms with van der Waals surface area (Å²) in [6.07, 6.45) is 0. The summed E-state index contributed by atoms with van der Waals surface area (Å²) >= 11 is 12.9. The molecule has 0 bridgehead atoms. The van der Waals surface area contributed by atoms with Crippen LogP contribution in [-0.4, -0.2) is 21.5 Å². The van der Waals surface area contributed by atoms with Crippen molar-refractivity contribution in [2.75, 3.05) is 10.6 Å². The number of halogens is 2. The van der Waals surface area contributed by atoms with Gasteiger partial charge in [-0.05, 0) is 53.5 Å². The first-order chi connectivity index (χ1) is 13.0. The Bertz CT molecular complexity index is 948. The van der Waals surface area contributed by atoms with Crippen molar-refractivity contribution in [1.29, 1.82) is 0 Å². The van der Waals surface area contributed by atoms with Crippen molar-refractivity contribution in [3.05, 3.63) is 69.1 Å². The van der Waals surface area contributed by atoms with Gasteiger partial charge in [-0.1, -0.05) is 33.8 Å². The molecule has 0 spiro atoms. The lowest BCUT2D eigenvalue weighted by atomic mass is 10.2. The molecule has 2 aromatic carbocycles. The third-order valence-electron chi connectivity index (χ3n) is 3.43. The van der Waals surface area contributed by atoms with Gasteiger partial charge in [0, 0.05) is 23.3 Å². The molecule has 27 heavy (non-hydrogen) atoms. The quantitative estimate of drug-likeness (QED) is 0.567. The van der Waals surface area contributed by atoms with Crippen molar-refractivity contribution in [2.24, 2.45) is 0 Å². The third kappa shape index (κ3) is 5.40. The molecule has 0 aliphatic carbocycles. The van der Waals surface area contributed by atoms with Crippen molar-refractivity contribution in [2.45, 2.75) is 6.54 Å². The van der Waals surface area contributed by atoms with Crippen LogP contribution in [0.5, 0.6) is 0 Å². The predicted molar refractivity (Wildman–Crippen MR) is 107 cm³/mol. The van der Waals surface area contributed by atoms with Gasteiger partial charge in [-0.15, -0.1) is 5.10 Å². The predicted octanol–water partition coefficient (Wildman–Crippen LogP) is 4.42. The van der Waals surface area contributed by atoms with Gasteiger partial charge < -0.3 is 16.0 Å². The fourth-order valence-electron chi connectivity index (χ4n) is 2.10. The van der Waals surface area contributed by atoms with Gasteiger partial charge in [0.15, 0.2) is 5.69 Å². The Morgan fingerprint density at radius 1 is 0.963 bits per heavy atom. The van der Waals surface area contributed by atoms with Crippen LogP contribution in [0, 0.1) is 0 Å². The summed E-state index contributed by atoms with van der Waals surface area (Å²) in [6, 6.07) is 11.5. The van der Waals surface area contributed by atoms with Crippen molar-refractivity contribution in [3.63, 3.8) is 0 Å². The summed E-state index contributed by atoms with van der Waals surface area (Å²) in [6.45, 7) is 0.304. The summed E-state index contributed by atoms with van der Waals surface area (Å²) in [4.78, 5) is 23.9. The number of hydrogen-bond donors (Lipinski definition) is 3. The van der Waals surface area contributed by atoms with Gasteiger partial charge in [0.2, 0.25) is 0 Å². The van der Waals surface area contributed by atoms with Gasteiger partial charge in [0.25, 0.3) is 5.91 Å². The highest BCUT2D eigenvalue weighted by Gasteiger charge is 2.09. The number of hydrogen-bond acceptors (Lipinski definition) is 5. The Hall–Kier alpha value is -2.68. The van der Waals surface area contributed by atoms with Crippen LogP contribution in [0.15, 0.2) is 47.8 Å². The normalized spacial score (nSPS) is 10.3. The monoisotopic (exact) mass is 421 g/mol. The summed E-state index contributed by atoms with van der Waals surface area (Å²) in [5.74, 6) is -0.344. The number of benzene rings is 2. The highest BCUT2D eigenvalue weighted by molar-refractivity contribution is 7.03. The Morgan fingerprint density at radius 2 is 1.67 bits per heavy atom. The molecule has 1 heterocycles. The zero-order valence-electron chi connectivity index (χ0n) is 13.7. The molecule has 3 N–H and O–H groups in total. The van der Waals surface area contributed by atoms with Gasteiger partial charge in [-0.25, -0.2) is 4.79 Å². The van der Waals surface area contributed by atoms with Crippen molar-refractivity contribution >= 4 is 58.0 Å². The van der Waals surface area contributed by atoms with Gasteiger partial charge in [-0.2, -0.15) is 0 Å². The largest absolute Gasteiger partial charge is 0.334 e. The molecule has 3 amide bonds. The lowest BCUT2D eigenvalue weighted by molar-refractivity contribution is 0.102. The van der Waals surface area contributed by atoms with Crippen molar-refractivity contribution in [3.8, 4) is 0 Å². The minimum Gasteiger partial charge on any atom is -0.334 e. The lowest BCUT2D eigenvalue weighted by Gasteiger charge is -2.09. The number of aromatic nitrogens is 2. The zero-order valence-corrected chi connectivity index (χ0v) is 16.0. The standard InChI is InChI=1S/C17H13Cl2N5O2S/c18-13-6-1-10(7-14(13)19)8-20-17(26)22-12-4-2-11(3-5-12)21-16(25)15-9-27-24-23-15/h1-7,9H,8H2,(H,21,25)(H2,20,22,26). The molecule has 138 valence electrons. The fraction of sp³-hybridized carbons (Fsp3) is 0.0588. The van der Waals surface area contributed by atoms with E-state index in [4.69, 9.17) is 23.2 Å². The van der Waals surface area contributed by atoms with Crippen LogP contribution in [0.25, 0.3) is 0 Å². The molecule has 0 atom stereocenters. The van der Waals surface area contributed by atoms with Crippen LogP contribution in [0.4, 0.5) is 16.2 Å². The Morgan fingerprint density at radius 3 is 2.30 bits per heavy atom. The van der Waals surface area contributed by atoms with E-state index in [9.17, 15) is 9.59 Å². The minimum absolute atomic E-state index is 0.254. The first-order valence-corrected chi connectivity index (χ1v) is 9.28. The average molecular weight is 422 g/mol. The molecule has 0 saturated heterocycles. The number of anilines is 2. The highest BCUT2D eigenvalue weighted by atomic mass is 35.5. The number of nitrogens with zero attached hydrogens (tertiary/aromatic N) is 2. The first-order valence-electron chi connectivity index (χ1n) is 7.68. The van der Waals surface area contributed by atoms with E-state index < -0.39 is 0 Å². The summed E-state index contributed by atoms with van der Waals surface area (Å²) in [5, 5.41) is 14.3. The van der Waals surface area contributed by atoms with Gasteiger partial charge >= 0.3 is 6.03 Å². The SMILES string of the molecule is O=C(NCc1ccc(Cl)c(Cl)c1)Nc1ccc(NC(=O)c2csnn2)cc1. The van der Waals surface area contributed by atoms with Crippen LogP contribution < -0.4 is 16.0 Å². The van der Waals surface area contributed by atoms with E-state index in [-0.39, 0.29) is 17.6 Å². The molecule has 0 aliphatic heterocycles. The second kappa shape index (κ2) is 8.81. The molecule has 3 rings (SSSR count). The Kier molecular flexibility index (Phi) is 6.23. The number of amides is 3. The van der Waals surface area contributed by atoms with E-state index in [2.05, 4.69) is 25.5 Å². The maximum Gasteiger partial charge on any atom is 0.319 e. The number of nitrogens with one attached hydrogen (secondary N) is 3. The van der Waals surface area contributed by atoms with Crippen molar-refractivity contribution < 1.29 is 9.59 Å². The van der Waals surface area contributed by atoms with Gasteiger partial charge in [-0.3, -0.25) is 4.79 Å². The maximum atomic E-state index is 12.0. The smallest absolute Gasteiger partial charge is 0.319 e. The third-order valence-corrected chi connectivity index (χ3v) is 4.67. The molecule has 10 heteroatoms. The molecule has 0 radical (unpaired) electrons. The molecule has 0 aliphatic rings. The van der Waals surface area contributed by atoms with E-state index >= 15 is 0 Å². The Labute approximate surface area is 168 Å². The van der Waals surface area contributed by atoms with Gasteiger partial charge in [0.1, 0.15) is 0 Å². The first kappa shape index (κ1) is 19.1. The summed E-state index contributed by atoms with van der Waals surface area (Å²) < 4.78 is 3.64. The molecule has 0 fully saturated rings. The fourth-order valence-corrected chi connectivity index (χ4v) is 2.86. The number of urea groups is 1. The number of rotatable bonds is 5. The molecule has 3 aromatic rings. The van der Waals surface area contributed by atoms with E-state index in [0.717, 1.165) is 17.1 Å². The second-order valence-corrected chi connectivity index (χ2v) is 6.80. The number of carbonyl (C=O) groups excluding carboxylic acids is 2. The summed E-state index contributed by atoms with van der Waals surface area (Å²) in [5.41, 5.74) is 2.24. The van der Waals surface area contributed by atoms with Crippen LogP contribution >= 0.6 is 34.7 Å². The topological polar surface area (TPSA) is 96.0 Å². The van der Waals surface area contributed by atoms with Gasteiger partial charge in [0.05, 0.1) is 10.0 Å². The van der Waals surface area contributed by atoms with E-state index in [1.807, 2.05) is 0 Å². The molecule has 0 saturated carbocycles. The minimum atomic E-state index is -0.369. The highest BCUT2D eigenvalue weighted by Crippen LogP contribution is 2.22. The molecular formula is C17H13Cl2N5O2S. The summed E-state index contributed by atoms with van der Waals surface area (Å²) in [7, 11) is 0. The zero-order chi connectivity index (χ0) is 19.2. The van der Waals surface area contributed by atoms with Crippen LogP contribution in [0.3, 0.4) is 0 Å². The van der Waals surface area contributed by atoms with E-state index in [0.29, 0.717) is 28.0 Å². The molecule has 7 nitrogen and oxygen atoms in total. The Balaban J connectivity index is 1.50. The average Bonchev–Trinajstić information content (AvgIpc) is 3.19.